The van der Waals surface area contributed by atoms with Gasteiger partial charge in [-0.2, -0.15) is 0 Å². The minimum absolute atomic E-state index is 0.0708. The topological polar surface area (TPSA) is 78.9 Å². The molecular formula is C76H142O6. The van der Waals surface area contributed by atoms with Crippen molar-refractivity contribution in [2.75, 3.05) is 13.2 Å². The molecule has 0 N–H and O–H groups in total. The summed E-state index contributed by atoms with van der Waals surface area (Å²) in [5, 5.41) is 0. The lowest BCUT2D eigenvalue weighted by Gasteiger charge is -2.18. The Morgan fingerprint density at radius 1 is 0.244 bits per heavy atom. The van der Waals surface area contributed by atoms with Crippen LogP contribution >= 0.6 is 0 Å². The molecule has 0 aliphatic heterocycles. The van der Waals surface area contributed by atoms with E-state index in [0.29, 0.717) is 19.3 Å². The van der Waals surface area contributed by atoms with Crippen molar-refractivity contribution in [3.63, 3.8) is 0 Å². The van der Waals surface area contributed by atoms with E-state index in [-0.39, 0.29) is 31.1 Å². The molecule has 6 nitrogen and oxygen atoms in total. The normalized spacial score (nSPS) is 12.2. The van der Waals surface area contributed by atoms with Crippen LogP contribution in [-0.2, 0) is 28.6 Å². The Hall–Kier alpha value is -2.37. The molecular weight excluding hydrogens is 1010 g/mol. The summed E-state index contributed by atoms with van der Waals surface area (Å²) in [4.78, 5) is 38.1. The fourth-order valence-corrected chi connectivity index (χ4v) is 11.3. The summed E-state index contributed by atoms with van der Waals surface area (Å²) in [6.45, 7) is 6.63. The molecule has 0 saturated carbocycles. The fraction of sp³-hybridized carbons (Fsp3) is 0.882. The molecule has 1 unspecified atom stereocenters. The number of allylic oxidation sites excluding steroid dienone is 6. The Balaban J connectivity index is 3.91. The smallest absolute Gasteiger partial charge is 0.306 e. The van der Waals surface area contributed by atoms with Crippen molar-refractivity contribution in [3.05, 3.63) is 36.5 Å². The molecule has 0 aliphatic rings. The minimum atomic E-state index is -0.772. The molecule has 1 atom stereocenters. The van der Waals surface area contributed by atoms with Crippen LogP contribution in [0.15, 0.2) is 36.5 Å². The van der Waals surface area contributed by atoms with Crippen LogP contribution in [0.5, 0.6) is 0 Å². The van der Waals surface area contributed by atoms with Gasteiger partial charge in [-0.05, 0) is 57.8 Å². The van der Waals surface area contributed by atoms with Crippen LogP contribution in [-0.4, -0.2) is 37.2 Å². The average Bonchev–Trinajstić information content (AvgIpc) is 3.47. The molecule has 0 fully saturated rings. The van der Waals surface area contributed by atoms with Gasteiger partial charge in [-0.25, -0.2) is 0 Å². The van der Waals surface area contributed by atoms with Crippen LogP contribution in [0.1, 0.15) is 412 Å². The number of ether oxygens (including phenoxy) is 3. The summed E-state index contributed by atoms with van der Waals surface area (Å²) in [5.74, 6) is -0.864. The molecule has 0 heterocycles. The number of carbonyl (C=O) groups excluding carboxylic acids is 3. The van der Waals surface area contributed by atoms with Gasteiger partial charge in [0.15, 0.2) is 6.10 Å². The number of hydrogen-bond donors (Lipinski definition) is 0. The average molecular weight is 1150 g/mol. The number of carbonyl (C=O) groups is 3. The zero-order chi connectivity index (χ0) is 59.2. The third kappa shape index (κ3) is 68.4. The van der Waals surface area contributed by atoms with Crippen LogP contribution < -0.4 is 0 Å². The first kappa shape index (κ1) is 79.6. The Bertz CT molecular complexity index is 1370. The van der Waals surface area contributed by atoms with Crippen LogP contribution in [0.3, 0.4) is 0 Å². The van der Waals surface area contributed by atoms with E-state index in [0.717, 1.165) is 77.0 Å². The predicted octanol–water partition coefficient (Wildman–Crippen LogP) is 25.5. The van der Waals surface area contributed by atoms with Gasteiger partial charge in [0.2, 0.25) is 0 Å². The van der Waals surface area contributed by atoms with Crippen LogP contribution in [0.4, 0.5) is 0 Å². The highest BCUT2D eigenvalue weighted by Gasteiger charge is 2.19. The molecule has 0 aromatic rings. The fourth-order valence-electron chi connectivity index (χ4n) is 11.3. The molecule has 0 bridgehead atoms. The summed E-state index contributed by atoms with van der Waals surface area (Å²) in [6.07, 6.45) is 89.6. The quantitative estimate of drug-likeness (QED) is 0.0261. The Morgan fingerprint density at radius 2 is 0.439 bits per heavy atom. The number of hydrogen-bond acceptors (Lipinski definition) is 6. The van der Waals surface area contributed by atoms with Gasteiger partial charge in [0.1, 0.15) is 13.2 Å². The lowest BCUT2D eigenvalue weighted by molar-refractivity contribution is -0.167. The van der Waals surface area contributed by atoms with Gasteiger partial charge < -0.3 is 14.2 Å². The summed E-state index contributed by atoms with van der Waals surface area (Å²) < 4.78 is 16.9. The second kappa shape index (κ2) is 71.1. The maximum Gasteiger partial charge on any atom is 0.306 e. The van der Waals surface area contributed by atoms with E-state index < -0.39 is 6.10 Å². The molecule has 0 aliphatic carbocycles. The summed E-state index contributed by atoms with van der Waals surface area (Å²) in [5.41, 5.74) is 0. The third-order valence-electron chi connectivity index (χ3n) is 16.9. The van der Waals surface area contributed by atoms with Gasteiger partial charge in [-0.3, -0.25) is 14.4 Å². The molecule has 0 aromatic carbocycles. The van der Waals surface area contributed by atoms with E-state index in [1.807, 2.05) is 0 Å². The van der Waals surface area contributed by atoms with Gasteiger partial charge in [-0.15, -0.1) is 0 Å². The summed E-state index contributed by atoms with van der Waals surface area (Å²) >= 11 is 0. The van der Waals surface area contributed by atoms with E-state index in [1.54, 1.807) is 0 Å². The summed E-state index contributed by atoms with van der Waals surface area (Å²) in [7, 11) is 0. The Morgan fingerprint density at radius 3 is 0.683 bits per heavy atom. The van der Waals surface area contributed by atoms with Gasteiger partial charge >= 0.3 is 17.9 Å². The van der Waals surface area contributed by atoms with Gasteiger partial charge in [0.05, 0.1) is 0 Å². The van der Waals surface area contributed by atoms with Crippen molar-refractivity contribution in [1.82, 2.24) is 0 Å². The van der Waals surface area contributed by atoms with Crippen molar-refractivity contribution in [1.29, 1.82) is 0 Å². The highest BCUT2D eigenvalue weighted by molar-refractivity contribution is 5.71. The van der Waals surface area contributed by atoms with Gasteiger partial charge in [0, 0.05) is 19.3 Å². The molecule has 0 amide bonds. The van der Waals surface area contributed by atoms with Crippen LogP contribution in [0.2, 0.25) is 0 Å². The molecule has 6 heteroatoms. The van der Waals surface area contributed by atoms with E-state index >= 15 is 0 Å². The van der Waals surface area contributed by atoms with Gasteiger partial charge in [-0.1, -0.05) is 372 Å². The maximum absolute atomic E-state index is 12.9. The zero-order valence-corrected chi connectivity index (χ0v) is 55.5. The monoisotopic (exact) mass is 1150 g/mol. The second-order valence-corrected chi connectivity index (χ2v) is 25.2. The molecule has 0 spiro atoms. The zero-order valence-electron chi connectivity index (χ0n) is 55.5. The summed E-state index contributed by atoms with van der Waals surface area (Å²) in [6, 6.07) is 0. The standard InChI is InChI=1S/C76H142O6/c1-4-7-10-13-16-18-20-22-24-26-28-30-32-33-34-35-36-37-38-39-40-41-42-43-45-46-48-50-52-54-56-58-60-63-66-69-75(78)81-72-73(71-80-74(77)68-65-62-15-12-9-6-3)82-76(79)70-67-64-61-59-57-55-53-51-49-47-44-31-29-27-25-23-21-19-17-14-11-8-5-2/h21,23,27,29,44,47,73H,4-20,22,24-26,28,30-43,45-46,48-72H2,1-3H3/b23-21-,29-27-,47-44-. The van der Waals surface area contributed by atoms with Crippen molar-refractivity contribution < 1.29 is 28.6 Å². The lowest BCUT2D eigenvalue weighted by Crippen LogP contribution is -2.30. The number of rotatable bonds is 69. The van der Waals surface area contributed by atoms with Gasteiger partial charge in [0.25, 0.3) is 0 Å². The Kier molecular flexibility index (Phi) is 69.1. The van der Waals surface area contributed by atoms with E-state index in [1.165, 1.54) is 295 Å². The number of esters is 3. The molecule has 482 valence electrons. The molecule has 0 rings (SSSR count). The highest BCUT2D eigenvalue weighted by Crippen LogP contribution is 2.19. The van der Waals surface area contributed by atoms with E-state index in [2.05, 4.69) is 57.2 Å². The van der Waals surface area contributed by atoms with E-state index in [4.69, 9.17) is 14.2 Å². The molecule has 82 heavy (non-hydrogen) atoms. The molecule has 0 radical (unpaired) electrons. The van der Waals surface area contributed by atoms with Crippen LogP contribution in [0, 0.1) is 0 Å². The minimum Gasteiger partial charge on any atom is -0.462 e. The molecule has 0 saturated heterocycles. The third-order valence-corrected chi connectivity index (χ3v) is 16.9. The van der Waals surface area contributed by atoms with Crippen molar-refractivity contribution in [2.45, 2.75) is 419 Å². The SMILES string of the molecule is CCCCCCC/C=C\C/C=C\C/C=C\CCCCCCCCCCC(=O)OC(COC(=O)CCCCCCCC)COC(=O)CCCCCCCCCCCCCCCCCCCCCCCCCCCCCCCCCCCCC. The lowest BCUT2D eigenvalue weighted by atomic mass is 10.0. The first-order chi connectivity index (χ1) is 40.5. The van der Waals surface area contributed by atoms with E-state index in [9.17, 15) is 14.4 Å². The van der Waals surface area contributed by atoms with Crippen molar-refractivity contribution in [3.8, 4) is 0 Å². The van der Waals surface area contributed by atoms with Crippen molar-refractivity contribution >= 4 is 17.9 Å². The first-order valence-electron chi connectivity index (χ1n) is 37.0. The Labute approximate surface area is 512 Å². The van der Waals surface area contributed by atoms with Crippen LogP contribution in [0.25, 0.3) is 0 Å². The number of unbranched alkanes of at least 4 members (excludes halogenated alkanes) is 52. The largest absolute Gasteiger partial charge is 0.462 e. The highest BCUT2D eigenvalue weighted by atomic mass is 16.6. The maximum atomic E-state index is 12.9. The predicted molar refractivity (Wildman–Crippen MR) is 358 cm³/mol. The molecule has 0 aromatic heterocycles. The van der Waals surface area contributed by atoms with Crippen molar-refractivity contribution in [2.24, 2.45) is 0 Å². The first-order valence-corrected chi connectivity index (χ1v) is 37.0. The second-order valence-electron chi connectivity index (χ2n) is 25.2.